The molecular formula is C23H19N3O3. The van der Waals surface area contributed by atoms with Gasteiger partial charge in [-0.25, -0.2) is 0 Å². The SMILES string of the molecule is Cc1cccc(-c2noc(-c3ccccc3OCC(=O)Nc3ccccc3)n2)c1. The molecule has 6 nitrogen and oxygen atoms in total. The molecule has 0 unspecified atom stereocenters. The Balaban J connectivity index is 1.49. The molecule has 0 fully saturated rings. The molecule has 0 aliphatic carbocycles. The Morgan fingerprint density at radius 1 is 1.00 bits per heavy atom. The van der Waals surface area contributed by atoms with Crippen molar-refractivity contribution in [2.45, 2.75) is 6.92 Å². The Morgan fingerprint density at radius 2 is 1.79 bits per heavy atom. The van der Waals surface area contributed by atoms with Crippen molar-refractivity contribution in [3.8, 4) is 28.6 Å². The molecule has 6 heteroatoms. The third kappa shape index (κ3) is 4.50. The maximum absolute atomic E-state index is 12.2. The molecule has 0 bridgehead atoms. The molecule has 0 radical (unpaired) electrons. The van der Waals surface area contributed by atoms with Crippen LogP contribution < -0.4 is 10.1 Å². The van der Waals surface area contributed by atoms with E-state index in [1.54, 1.807) is 6.07 Å². The molecule has 0 saturated carbocycles. The van der Waals surface area contributed by atoms with Crippen LogP contribution in [0.25, 0.3) is 22.8 Å². The number of rotatable bonds is 6. The summed E-state index contributed by atoms with van der Waals surface area (Å²) >= 11 is 0. The number of benzene rings is 3. The van der Waals surface area contributed by atoms with Gasteiger partial charge in [-0.15, -0.1) is 0 Å². The molecule has 144 valence electrons. The van der Waals surface area contributed by atoms with E-state index >= 15 is 0 Å². The lowest BCUT2D eigenvalue weighted by Crippen LogP contribution is -2.20. The van der Waals surface area contributed by atoms with Crippen molar-refractivity contribution in [3.63, 3.8) is 0 Å². The number of para-hydroxylation sites is 2. The first-order chi connectivity index (χ1) is 14.2. The maximum Gasteiger partial charge on any atom is 0.262 e. The standard InChI is InChI=1S/C23H19N3O3/c1-16-8-7-9-17(14-16)22-25-23(29-26-22)19-12-5-6-13-20(19)28-15-21(27)24-18-10-3-2-4-11-18/h2-14H,15H2,1H3,(H,24,27). The first kappa shape index (κ1) is 18.4. The van der Waals surface area contributed by atoms with Gasteiger partial charge < -0.3 is 14.6 Å². The summed E-state index contributed by atoms with van der Waals surface area (Å²) in [6.07, 6.45) is 0. The Hall–Kier alpha value is -3.93. The summed E-state index contributed by atoms with van der Waals surface area (Å²) in [5, 5.41) is 6.86. The molecular weight excluding hydrogens is 366 g/mol. The highest BCUT2D eigenvalue weighted by Gasteiger charge is 2.15. The highest BCUT2D eigenvalue weighted by molar-refractivity contribution is 5.91. The van der Waals surface area contributed by atoms with E-state index in [4.69, 9.17) is 9.26 Å². The average Bonchev–Trinajstić information content (AvgIpc) is 3.23. The molecule has 0 aliphatic rings. The number of nitrogens with zero attached hydrogens (tertiary/aromatic N) is 2. The molecule has 3 aromatic carbocycles. The van der Waals surface area contributed by atoms with Gasteiger partial charge >= 0.3 is 0 Å². The van der Waals surface area contributed by atoms with Crippen LogP contribution in [0.1, 0.15) is 5.56 Å². The van der Waals surface area contributed by atoms with Gasteiger partial charge in [0.25, 0.3) is 11.8 Å². The van der Waals surface area contributed by atoms with Crippen molar-refractivity contribution in [2.24, 2.45) is 0 Å². The number of aromatic nitrogens is 2. The topological polar surface area (TPSA) is 77.2 Å². The van der Waals surface area contributed by atoms with Crippen LogP contribution >= 0.6 is 0 Å². The van der Waals surface area contributed by atoms with E-state index in [-0.39, 0.29) is 12.5 Å². The van der Waals surface area contributed by atoms with Crippen LogP contribution in [-0.4, -0.2) is 22.7 Å². The van der Waals surface area contributed by atoms with E-state index in [1.165, 1.54) is 0 Å². The van der Waals surface area contributed by atoms with Crippen LogP contribution in [-0.2, 0) is 4.79 Å². The fourth-order valence-corrected chi connectivity index (χ4v) is 2.87. The molecule has 1 N–H and O–H groups in total. The number of ether oxygens (including phenoxy) is 1. The van der Waals surface area contributed by atoms with Crippen LogP contribution in [0.15, 0.2) is 83.4 Å². The average molecular weight is 385 g/mol. The molecule has 29 heavy (non-hydrogen) atoms. The molecule has 0 aliphatic heterocycles. The first-order valence-corrected chi connectivity index (χ1v) is 9.17. The first-order valence-electron chi connectivity index (χ1n) is 9.17. The predicted molar refractivity (Wildman–Crippen MR) is 110 cm³/mol. The number of carbonyl (C=O) groups is 1. The lowest BCUT2D eigenvalue weighted by atomic mass is 10.1. The summed E-state index contributed by atoms with van der Waals surface area (Å²) in [7, 11) is 0. The number of hydrogen-bond acceptors (Lipinski definition) is 5. The van der Waals surface area contributed by atoms with Crippen molar-refractivity contribution in [1.82, 2.24) is 10.1 Å². The van der Waals surface area contributed by atoms with Gasteiger partial charge in [-0.1, -0.05) is 59.3 Å². The number of nitrogens with one attached hydrogen (secondary N) is 1. The maximum atomic E-state index is 12.2. The van der Waals surface area contributed by atoms with Crippen molar-refractivity contribution in [1.29, 1.82) is 0 Å². The number of aryl methyl sites for hydroxylation is 1. The molecule has 1 heterocycles. The molecule has 4 rings (SSSR count). The lowest BCUT2D eigenvalue weighted by molar-refractivity contribution is -0.118. The van der Waals surface area contributed by atoms with Crippen molar-refractivity contribution in [2.75, 3.05) is 11.9 Å². The van der Waals surface area contributed by atoms with Gasteiger partial charge in [-0.2, -0.15) is 4.98 Å². The number of hydrogen-bond donors (Lipinski definition) is 1. The molecule has 4 aromatic rings. The Labute approximate surface area is 168 Å². The zero-order chi connectivity index (χ0) is 20.1. The molecule has 1 aromatic heterocycles. The van der Waals surface area contributed by atoms with Gasteiger partial charge in [0.15, 0.2) is 6.61 Å². The van der Waals surface area contributed by atoms with Gasteiger partial charge in [0, 0.05) is 11.3 Å². The van der Waals surface area contributed by atoms with E-state index in [9.17, 15) is 4.79 Å². The fraction of sp³-hybridized carbons (Fsp3) is 0.0870. The summed E-state index contributed by atoms with van der Waals surface area (Å²) in [4.78, 5) is 16.7. The van der Waals surface area contributed by atoms with Gasteiger partial charge in [0.1, 0.15) is 5.75 Å². The quantitative estimate of drug-likeness (QED) is 0.519. The molecule has 0 spiro atoms. The largest absolute Gasteiger partial charge is 0.483 e. The highest BCUT2D eigenvalue weighted by atomic mass is 16.5. The summed E-state index contributed by atoms with van der Waals surface area (Å²) in [5.41, 5.74) is 3.34. The molecule has 0 atom stereocenters. The number of amides is 1. The summed E-state index contributed by atoms with van der Waals surface area (Å²) in [5.74, 6) is 1.08. The zero-order valence-corrected chi connectivity index (χ0v) is 15.8. The van der Waals surface area contributed by atoms with Gasteiger partial charge in [-0.05, 0) is 37.3 Å². The minimum Gasteiger partial charge on any atom is -0.483 e. The van der Waals surface area contributed by atoms with E-state index in [0.717, 1.165) is 11.1 Å². The van der Waals surface area contributed by atoms with E-state index in [1.807, 2.05) is 79.7 Å². The smallest absolute Gasteiger partial charge is 0.262 e. The Bertz CT molecular complexity index is 1120. The van der Waals surface area contributed by atoms with Crippen molar-refractivity contribution in [3.05, 3.63) is 84.4 Å². The van der Waals surface area contributed by atoms with Gasteiger partial charge in [0.05, 0.1) is 5.56 Å². The van der Waals surface area contributed by atoms with Crippen molar-refractivity contribution >= 4 is 11.6 Å². The third-order valence-electron chi connectivity index (χ3n) is 4.24. The minimum absolute atomic E-state index is 0.134. The number of anilines is 1. The monoisotopic (exact) mass is 385 g/mol. The summed E-state index contributed by atoms with van der Waals surface area (Å²) in [6, 6.07) is 24.4. The summed E-state index contributed by atoms with van der Waals surface area (Å²) < 4.78 is 11.2. The second-order valence-corrected chi connectivity index (χ2v) is 6.49. The fourth-order valence-electron chi connectivity index (χ4n) is 2.87. The highest BCUT2D eigenvalue weighted by Crippen LogP contribution is 2.30. The van der Waals surface area contributed by atoms with Crippen molar-refractivity contribution < 1.29 is 14.1 Å². The van der Waals surface area contributed by atoms with Gasteiger partial charge in [-0.3, -0.25) is 4.79 Å². The second kappa shape index (κ2) is 8.39. The lowest BCUT2D eigenvalue weighted by Gasteiger charge is -2.09. The Morgan fingerprint density at radius 3 is 2.62 bits per heavy atom. The third-order valence-corrected chi connectivity index (χ3v) is 4.24. The summed E-state index contributed by atoms with van der Waals surface area (Å²) in [6.45, 7) is 1.87. The number of carbonyl (C=O) groups excluding carboxylic acids is 1. The van der Waals surface area contributed by atoms with Gasteiger partial charge in [0.2, 0.25) is 5.82 Å². The minimum atomic E-state index is -0.253. The van der Waals surface area contributed by atoms with Crippen LogP contribution in [0.2, 0.25) is 0 Å². The normalized spacial score (nSPS) is 10.5. The van der Waals surface area contributed by atoms with Crippen LogP contribution in [0.5, 0.6) is 5.75 Å². The van der Waals surface area contributed by atoms with Crippen LogP contribution in [0, 0.1) is 6.92 Å². The Kier molecular flexibility index (Phi) is 5.33. The molecule has 0 saturated heterocycles. The van der Waals surface area contributed by atoms with E-state index in [2.05, 4.69) is 15.5 Å². The van der Waals surface area contributed by atoms with Crippen LogP contribution in [0.3, 0.4) is 0 Å². The van der Waals surface area contributed by atoms with Crippen LogP contribution in [0.4, 0.5) is 5.69 Å². The second-order valence-electron chi connectivity index (χ2n) is 6.49. The predicted octanol–water partition coefficient (Wildman–Crippen LogP) is 4.73. The molecule has 1 amide bonds. The zero-order valence-electron chi connectivity index (χ0n) is 15.8. The van der Waals surface area contributed by atoms with E-state index in [0.29, 0.717) is 28.7 Å². The van der Waals surface area contributed by atoms with E-state index < -0.39 is 0 Å².